The Morgan fingerprint density at radius 2 is 1.88 bits per heavy atom. The Balaban J connectivity index is 2.45. The SMILES string of the molecule is N[C@]12OS(=O)(=O)OC1(O)O[C@H](CO)[C@H](O)[C@H]2O. The van der Waals surface area contributed by atoms with E-state index >= 15 is 0 Å². The van der Waals surface area contributed by atoms with Crippen molar-refractivity contribution in [2.75, 3.05) is 6.61 Å². The van der Waals surface area contributed by atoms with Crippen LogP contribution in [0.25, 0.3) is 0 Å². The Kier molecular flexibility index (Phi) is 2.74. The first-order valence-electron chi connectivity index (χ1n) is 4.47. The monoisotopic (exact) mass is 273 g/mol. The quantitative estimate of drug-likeness (QED) is 0.315. The molecule has 0 aliphatic carbocycles. The van der Waals surface area contributed by atoms with Crippen LogP contribution in [0, 0.1) is 0 Å². The van der Waals surface area contributed by atoms with Gasteiger partial charge in [-0.1, -0.05) is 0 Å². The fourth-order valence-electron chi connectivity index (χ4n) is 1.67. The van der Waals surface area contributed by atoms with Gasteiger partial charge >= 0.3 is 16.4 Å². The van der Waals surface area contributed by atoms with E-state index < -0.39 is 47.0 Å². The lowest BCUT2D eigenvalue weighted by molar-refractivity contribution is -0.428. The molecule has 0 spiro atoms. The highest BCUT2D eigenvalue weighted by Crippen LogP contribution is 2.43. The molecule has 11 heteroatoms. The van der Waals surface area contributed by atoms with Crippen molar-refractivity contribution in [2.24, 2.45) is 5.73 Å². The molecule has 0 amide bonds. The summed E-state index contributed by atoms with van der Waals surface area (Å²) in [7, 11) is -4.69. The van der Waals surface area contributed by atoms with E-state index in [-0.39, 0.29) is 0 Å². The van der Waals surface area contributed by atoms with E-state index in [1.807, 2.05) is 0 Å². The third kappa shape index (κ3) is 1.68. The molecule has 0 aromatic rings. The number of hydrogen-bond donors (Lipinski definition) is 5. The number of nitrogens with two attached hydrogens (primary N) is 1. The summed E-state index contributed by atoms with van der Waals surface area (Å²) in [4.78, 5) is 0. The molecule has 5 atom stereocenters. The van der Waals surface area contributed by atoms with Gasteiger partial charge in [-0.2, -0.15) is 12.6 Å². The fraction of sp³-hybridized carbons (Fsp3) is 1.00. The Morgan fingerprint density at radius 1 is 1.29 bits per heavy atom. The molecule has 0 aromatic carbocycles. The minimum Gasteiger partial charge on any atom is -0.394 e. The number of aliphatic hydroxyl groups is 4. The topological polar surface area (TPSA) is 169 Å². The molecule has 0 bridgehead atoms. The van der Waals surface area contributed by atoms with Crippen molar-refractivity contribution < 1.29 is 41.9 Å². The number of rotatable bonds is 1. The van der Waals surface area contributed by atoms with Gasteiger partial charge < -0.3 is 25.2 Å². The molecule has 0 aromatic heterocycles. The second-order valence-electron chi connectivity index (χ2n) is 3.72. The lowest BCUT2D eigenvalue weighted by Crippen LogP contribution is -2.75. The average molecular weight is 273 g/mol. The molecular formula is C6H11NO9S. The van der Waals surface area contributed by atoms with E-state index in [2.05, 4.69) is 13.1 Å². The van der Waals surface area contributed by atoms with E-state index in [4.69, 9.17) is 10.8 Å². The Bertz CT molecular complexity index is 425. The van der Waals surface area contributed by atoms with Crippen LogP contribution >= 0.6 is 0 Å². The van der Waals surface area contributed by atoms with Crippen LogP contribution in [-0.2, 0) is 23.5 Å². The molecule has 2 fully saturated rings. The largest absolute Gasteiger partial charge is 0.406 e. The van der Waals surface area contributed by atoms with Crippen LogP contribution in [0.5, 0.6) is 0 Å². The molecule has 0 saturated carbocycles. The summed E-state index contributed by atoms with van der Waals surface area (Å²) < 4.78 is 34.9. The van der Waals surface area contributed by atoms with Gasteiger partial charge in [-0.3, -0.25) is 5.73 Å². The summed E-state index contributed by atoms with van der Waals surface area (Å²) >= 11 is 0. The van der Waals surface area contributed by atoms with E-state index in [9.17, 15) is 23.7 Å². The number of ether oxygens (including phenoxy) is 1. The normalized spacial score (nSPS) is 53.4. The third-order valence-corrected chi connectivity index (χ3v) is 3.49. The molecule has 2 rings (SSSR count). The smallest absolute Gasteiger partial charge is 0.394 e. The van der Waals surface area contributed by atoms with E-state index in [1.54, 1.807) is 0 Å². The van der Waals surface area contributed by atoms with Gasteiger partial charge in [-0.15, -0.1) is 0 Å². The summed E-state index contributed by atoms with van der Waals surface area (Å²) in [6, 6.07) is 0. The molecule has 100 valence electrons. The molecule has 17 heavy (non-hydrogen) atoms. The van der Waals surface area contributed by atoms with E-state index in [1.165, 1.54) is 0 Å². The van der Waals surface area contributed by atoms with Crippen molar-refractivity contribution in [3.63, 3.8) is 0 Å². The third-order valence-electron chi connectivity index (χ3n) is 2.58. The zero-order valence-electron chi connectivity index (χ0n) is 8.25. The second-order valence-corrected chi connectivity index (χ2v) is 4.87. The Morgan fingerprint density at radius 3 is 2.41 bits per heavy atom. The predicted molar refractivity (Wildman–Crippen MR) is 46.9 cm³/mol. The van der Waals surface area contributed by atoms with Crippen LogP contribution in [-0.4, -0.2) is 65.5 Å². The van der Waals surface area contributed by atoms with Gasteiger partial charge in [0.05, 0.1) is 6.61 Å². The average Bonchev–Trinajstić information content (AvgIpc) is 2.39. The number of hydrogen-bond acceptors (Lipinski definition) is 10. The zero-order chi connectivity index (χ0) is 13.1. The minimum atomic E-state index is -4.69. The molecule has 2 aliphatic heterocycles. The molecule has 2 heterocycles. The van der Waals surface area contributed by atoms with E-state index in [0.717, 1.165) is 0 Å². The van der Waals surface area contributed by atoms with Crippen LogP contribution in [0.15, 0.2) is 0 Å². The minimum absolute atomic E-state index is 0.806. The van der Waals surface area contributed by atoms with Crippen LogP contribution in [0.3, 0.4) is 0 Å². The van der Waals surface area contributed by atoms with Gasteiger partial charge in [-0.25, -0.2) is 4.18 Å². The summed E-state index contributed by atoms with van der Waals surface area (Å²) in [5.74, 6) is -3.02. The first kappa shape index (κ1) is 13.1. The summed E-state index contributed by atoms with van der Waals surface area (Å²) in [5.41, 5.74) is 2.62. The van der Waals surface area contributed by atoms with Gasteiger partial charge in [0, 0.05) is 0 Å². The zero-order valence-corrected chi connectivity index (χ0v) is 9.07. The fourth-order valence-corrected chi connectivity index (χ4v) is 2.69. The molecule has 1 unspecified atom stereocenters. The maximum absolute atomic E-state index is 11.0. The molecular weight excluding hydrogens is 262 g/mol. The van der Waals surface area contributed by atoms with Gasteiger partial charge in [0.15, 0.2) is 0 Å². The molecule has 0 radical (unpaired) electrons. The highest BCUT2D eigenvalue weighted by molar-refractivity contribution is 7.82. The van der Waals surface area contributed by atoms with Crippen LogP contribution < -0.4 is 5.73 Å². The first-order chi connectivity index (χ1) is 7.65. The van der Waals surface area contributed by atoms with Crippen molar-refractivity contribution in [1.82, 2.24) is 0 Å². The standard InChI is InChI=1S/C6H11NO9S/c7-5-4(10)3(9)2(1-8)14-6(5,11)16-17(12,13)15-5/h2-4,8-11H,1,7H2/t2-,3+,4-,5-,6?/m1/s1. The summed E-state index contributed by atoms with van der Waals surface area (Å²) in [6.07, 6.45) is -5.29. The lowest BCUT2D eigenvalue weighted by atomic mass is 9.93. The Labute approximate surface area is 95.5 Å². The van der Waals surface area contributed by atoms with Gasteiger partial charge in [0.2, 0.25) is 5.72 Å². The first-order valence-corrected chi connectivity index (χ1v) is 5.81. The highest BCUT2D eigenvalue weighted by Gasteiger charge is 2.73. The van der Waals surface area contributed by atoms with Crippen molar-refractivity contribution in [3.05, 3.63) is 0 Å². The van der Waals surface area contributed by atoms with Gasteiger partial charge in [0.25, 0.3) is 0 Å². The summed E-state index contributed by atoms with van der Waals surface area (Å²) in [6.45, 7) is -0.806. The lowest BCUT2D eigenvalue weighted by Gasteiger charge is -2.45. The number of fused-ring (bicyclic) bond motifs is 1. The second kappa shape index (κ2) is 3.57. The molecule has 2 saturated heterocycles. The van der Waals surface area contributed by atoms with Crippen LogP contribution in [0.4, 0.5) is 0 Å². The maximum atomic E-state index is 11.0. The van der Waals surface area contributed by atoms with Crippen molar-refractivity contribution in [3.8, 4) is 0 Å². The summed E-state index contributed by atoms with van der Waals surface area (Å²) in [5, 5.41) is 37.7. The molecule has 6 N–H and O–H groups in total. The number of aliphatic hydroxyl groups excluding tert-OH is 3. The predicted octanol–water partition coefficient (Wildman–Crippen LogP) is -4.31. The molecule has 10 nitrogen and oxygen atoms in total. The Hall–Kier alpha value is -0.370. The van der Waals surface area contributed by atoms with Crippen molar-refractivity contribution in [2.45, 2.75) is 30.0 Å². The van der Waals surface area contributed by atoms with Crippen LogP contribution in [0.1, 0.15) is 0 Å². The van der Waals surface area contributed by atoms with E-state index in [0.29, 0.717) is 0 Å². The van der Waals surface area contributed by atoms with Crippen LogP contribution in [0.2, 0.25) is 0 Å². The molecule has 2 aliphatic rings. The van der Waals surface area contributed by atoms with Gasteiger partial charge in [0.1, 0.15) is 18.3 Å². The maximum Gasteiger partial charge on any atom is 0.406 e. The van der Waals surface area contributed by atoms with Gasteiger partial charge in [-0.05, 0) is 0 Å². The van der Waals surface area contributed by atoms with Crippen molar-refractivity contribution in [1.29, 1.82) is 0 Å². The van der Waals surface area contributed by atoms with Crippen molar-refractivity contribution >= 4 is 10.4 Å². The highest BCUT2D eigenvalue weighted by atomic mass is 32.3.